The van der Waals surface area contributed by atoms with E-state index in [-0.39, 0.29) is 87.9 Å². The van der Waals surface area contributed by atoms with E-state index in [1.165, 1.54) is 58.8 Å². The minimum atomic E-state index is -1.20. The number of aliphatic carboxylic acids is 3. The van der Waals surface area contributed by atoms with Gasteiger partial charge in [-0.15, -0.1) is 0 Å². The number of carboxylic acid groups (broad SMARTS) is 3. The molecule has 21 heteroatoms. The van der Waals surface area contributed by atoms with E-state index in [9.17, 15) is 48.6 Å². The number of Topliss-reactive ketones (excluding diaryl/α,β-unsaturated/α-hetero) is 2. The van der Waals surface area contributed by atoms with Crippen molar-refractivity contribution in [2.24, 2.45) is 5.73 Å². The highest BCUT2D eigenvalue weighted by atomic mass is 16.5. The van der Waals surface area contributed by atoms with Crippen molar-refractivity contribution in [1.29, 1.82) is 0 Å². The number of ether oxygens (including phenoxy) is 2. The predicted octanol–water partition coefficient (Wildman–Crippen LogP) is 2.97. The van der Waals surface area contributed by atoms with E-state index in [0.717, 1.165) is 57.9 Å². The third-order valence-corrected chi connectivity index (χ3v) is 11.3. The van der Waals surface area contributed by atoms with Gasteiger partial charge in [0.2, 0.25) is 17.7 Å². The van der Waals surface area contributed by atoms with Gasteiger partial charge in [0.05, 0.1) is 44.6 Å². The van der Waals surface area contributed by atoms with Crippen LogP contribution >= 0.6 is 0 Å². The minimum Gasteiger partial charge on any atom is -0.481 e. The highest BCUT2D eigenvalue weighted by Gasteiger charge is 2.25. The SMILES string of the molecule is CC(=O)COCCOCCNC(=O)CC[C@H](NC(=O)CCCCCCCCCCCCCCCCC(=O)O)C(=O)O.CNCCCC[C@H](N)C(=O)NCCCC[C@H](NC)C(=O)CN[C@H](C(=O)O)[C@@H](C)O. The molecule has 70 heavy (non-hydrogen) atoms. The number of nitrogens with two attached hydrogens (primary N) is 1. The molecule has 5 atom stereocenters. The lowest BCUT2D eigenvalue weighted by molar-refractivity contribution is -0.143. The summed E-state index contributed by atoms with van der Waals surface area (Å²) in [7, 11) is 3.55. The van der Waals surface area contributed by atoms with Crippen LogP contribution in [0.2, 0.25) is 0 Å². The van der Waals surface area contributed by atoms with Gasteiger partial charge in [-0.2, -0.15) is 0 Å². The number of amides is 3. The second kappa shape index (κ2) is 47.2. The normalized spacial score (nSPS) is 13.2. The quantitative estimate of drug-likeness (QED) is 0.0390. The Morgan fingerprint density at radius 2 is 1.10 bits per heavy atom. The first-order valence-electron chi connectivity index (χ1n) is 25.6. The maximum absolute atomic E-state index is 12.2. The first-order chi connectivity index (χ1) is 33.5. The molecule has 0 rings (SSSR count). The zero-order chi connectivity index (χ0) is 52.8. The number of likely N-dealkylation sites (N-methyl/N-ethyl adjacent to an activating group) is 1. The standard InChI is InChI=1S/C30H54N2O9.C19H39N5O5/c1-25(33)24-41-23-22-40-21-20-31-27(34)19-18-26(30(38)39)32-28(35)16-14-12-10-8-6-4-2-3-5-7-9-11-13-15-17-29(36)37;1-13(25)17(19(28)29)24-12-16(26)15(22-3)9-5-7-11-23-18(27)14(20)8-4-6-10-21-2/h26H,2-24H2,1H3,(H,31,34)(H,32,35)(H,36,37)(H,38,39);13-15,17,21-22,24-25H,4-12,20H2,1-3H3,(H,23,27)(H,28,29)/t26-;13-,14+,15+,17+/m01/s1. The van der Waals surface area contributed by atoms with Crippen molar-refractivity contribution in [1.82, 2.24) is 31.9 Å². The third kappa shape index (κ3) is 43.9. The number of carboxylic acids is 3. The van der Waals surface area contributed by atoms with E-state index >= 15 is 0 Å². The van der Waals surface area contributed by atoms with Gasteiger partial charge in [-0.3, -0.25) is 38.9 Å². The lowest BCUT2D eigenvalue weighted by Crippen LogP contribution is -2.49. The zero-order valence-electron chi connectivity index (χ0n) is 43.0. The summed E-state index contributed by atoms with van der Waals surface area (Å²) in [6.07, 6.45) is 19.3. The van der Waals surface area contributed by atoms with Crippen molar-refractivity contribution in [2.45, 2.75) is 198 Å². The number of carbonyl (C=O) groups is 8. The molecule has 0 aromatic carbocycles. The molecule has 0 aromatic heterocycles. The molecule has 0 aliphatic heterocycles. The smallest absolute Gasteiger partial charge is 0.326 e. The van der Waals surface area contributed by atoms with Gasteiger partial charge < -0.3 is 62.2 Å². The van der Waals surface area contributed by atoms with Crippen molar-refractivity contribution in [2.75, 3.05) is 66.7 Å². The van der Waals surface area contributed by atoms with E-state index in [0.29, 0.717) is 45.3 Å². The maximum atomic E-state index is 12.2. The van der Waals surface area contributed by atoms with Crippen LogP contribution in [0.15, 0.2) is 0 Å². The molecular weight excluding hydrogens is 911 g/mol. The Bertz CT molecular complexity index is 1420. The molecule has 3 amide bonds. The number of unbranched alkanes of at least 4 members (excludes halogenated alkanes) is 15. The molecule has 0 spiro atoms. The maximum Gasteiger partial charge on any atom is 0.326 e. The first-order valence-corrected chi connectivity index (χ1v) is 25.6. The Hall–Kier alpha value is -4.12. The number of aliphatic hydroxyl groups is 1. The van der Waals surface area contributed by atoms with Crippen LogP contribution in [0, 0.1) is 0 Å². The van der Waals surface area contributed by atoms with Gasteiger partial charge in [0.25, 0.3) is 0 Å². The summed E-state index contributed by atoms with van der Waals surface area (Å²) in [4.78, 5) is 92.0. The van der Waals surface area contributed by atoms with Crippen molar-refractivity contribution >= 4 is 47.2 Å². The van der Waals surface area contributed by atoms with Crippen LogP contribution in [0.1, 0.15) is 168 Å². The van der Waals surface area contributed by atoms with Gasteiger partial charge in [-0.25, -0.2) is 4.79 Å². The average molecular weight is 1000 g/mol. The number of ketones is 2. The monoisotopic (exact) mass is 1000 g/mol. The van der Waals surface area contributed by atoms with E-state index in [1.807, 2.05) is 7.05 Å². The molecule has 0 aliphatic rings. The fourth-order valence-electron chi connectivity index (χ4n) is 7.15. The Kier molecular flexibility index (Phi) is 45.8. The van der Waals surface area contributed by atoms with E-state index in [2.05, 4.69) is 31.9 Å². The fraction of sp³-hybridized carbons (Fsp3) is 0.837. The Morgan fingerprint density at radius 3 is 1.61 bits per heavy atom. The first kappa shape index (κ1) is 68.0. The second-order valence-corrected chi connectivity index (χ2v) is 17.8. The number of hydrogen-bond donors (Lipinski definition) is 11. The van der Waals surface area contributed by atoms with Gasteiger partial charge in [0.15, 0.2) is 11.6 Å². The van der Waals surface area contributed by atoms with Crippen LogP contribution in [0.25, 0.3) is 0 Å². The van der Waals surface area contributed by atoms with Crippen LogP contribution in [-0.2, 0) is 47.8 Å². The molecular formula is C49H93N7O14. The van der Waals surface area contributed by atoms with E-state index < -0.39 is 48.2 Å². The fourth-order valence-corrected chi connectivity index (χ4v) is 7.15. The van der Waals surface area contributed by atoms with Gasteiger partial charge >= 0.3 is 17.9 Å². The number of rotatable bonds is 48. The molecule has 21 nitrogen and oxygen atoms in total. The predicted molar refractivity (Wildman–Crippen MR) is 267 cm³/mol. The summed E-state index contributed by atoms with van der Waals surface area (Å²) in [5.74, 6) is -4.08. The molecule has 0 saturated carbocycles. The Morgan fingerprint density at radius 1 is 0.557 bits per heavy atom. The molecule has 0 aliphatic carbocycles. The highest BCUT2D eigenvalue weighted by molar-refractivity contribution is 5.87. The average Bonchev–Trinajstić information content (AvgIpc) is 3.30. The van der Waals surface area contributed by atoms with Gasteiger partial charge in [0, 0.05) is 32.4 Å². The van der Waals surface area contributed by atoms with Crippen LogP contribution in [0.3, 0.4) is 0 Å². The van der Waals surface area contributed by atoms with Crippen LogP contribution in [0.4, 0.5) is 0 Å². The van der Waals surface area contributed by atoms with E-state index in [1.54, 1.807) is 7.05 Å². The van der Waals surface area contributed by atoms with Crippen LogP contribution < -0.4 is 37.6 Å². The number of carbonyl (C=O) groups excluding carboxylic acids is 5. The van der Waals surface area contributed by atoms with Gasteiger partial charge in [-0.05, 0) is 85.9 Å². The molecule has 408 valence electrons. The molecule has 0 unspecified atom stereocenters. The summed E-state index contributed by atoms with van der Waals surface area (Å²) in [6, 6.07) is -3.20. The third-order valence-electron chi connectivity index (χ3n) is 11.3. The number of hydrogen-bond acceptors (Lipinski definition) is 15. The molecule has 0 bridgehead atoms. The van der Waals surface area contributed by atoms with Gasteiger partial charge in [-0.1, -0.05) is 83.5 Å². The topological polar surface area (TPSA) is 334 Å². The lowest BCUT2D eigenvalue weighted by Gasteiger charge is -2.19. The van der Waals surface area contributed by atoms with Crippen molar-refractivity contribution < 1.29 is 68.3 Å². The number of nitrogens with one attached hydrogen (secondary N) is 6. The summed E-state index contributed by atoms with van der Waals surface area (Å²) in [5, 5.41) is 53.0. The van der Waals surface area contributed by atoms with Gasteiger partial charge in [0.1, 0.15) is 18.7 Å². The minimum absolute atomic E-state index is 0.0133. The largest absolute Gasteiger partial charge is 0.481 e. The van der Waals surface area contributed by atoms with Crippen molar-refractivity contribution in [3.63, 3.8) is 0 Å². The van der Waals surface area contributed by atoms with Crippen LogP contribution in [0.5, 0.6) is 0 Å². The second-order valence-electron chi connectivity index (χ2n) is 17.8. The zero-order valence-corrected chi connectivity index (χ0v) is 43.0. The highest BCUT2D eigenvalue weighted by Crippen LogP contribution is 2.14. The molecule has 0 aromatic rings. The molecule has 0 heterocycles. The van der Waals surface area contributed by atoms with Crippen molar-refractivity contribution in [3.05, 3.63) is 0 Å². The molecule has 12 N–H and O–H groups in total. The number of aliphatic hydroxyl groups excluding tert-OH is 1. The lowest BCUT2D eigenvalue weighted by atomic mass is 10.0. The van der Waals surface area contributed by atoms with E-state index in [4.69, 9.17) is 25.4 Å². The summed E-state index contributed by atoms with van der Waals surface area (Å²) in [6.45, 7) is 5.23. The van der Waals surface area contributed by atoms with Crippen LogP contribution in [-0.4, -0.2) is 165 Å². The summed E-state index contributed by atoms with van der Waals surface area (Å²) < 4.78 is 10.3. The Labute approximate surface area is 417 Å². The Balaban J connectivity index is 0. The molecule has 0 saturated heterocycles. The summed E-state index contributed by atoms with van der Waals surface area (Å²) in [5.41, 5.74) is 5.87. The molecule has 0 fully saturated rings. The van der Waals surface area contributed by atoms with Crippen molar-refractivity contribution in [3.8, 4) is 0 Å². The summed E-state index contributed by atoms with van der Waals surface area (Å²) >= 11 is 0. The molecule has 0 radical (unpaired) electrons.